The first-order chi connectivity index (χ1) is 10.2. The molecule has 6 heteroatoms. The second-order valence-electron chi connectivity index (χ2n) is 5.42. The maximum atomic E-state index is 12.9. The van der Waals surface area contributed by atoms with Crippen LogP contribution in [0.1, 0.15) is 18.7 Å². The Labute approximate surface area is 123 Å². The van der Waals surface area contributed by atoms with Gasteiger partial charge in [0, 0.05) is 18.2 Å². The molecular formula is C15H19FN4O. The Hall–Kier alpha value is -1.79. The quantitative estimate of drug-likeness (QED) is 0.934. The van der Waals surface area contributed by atoms with Crippen molar-refractivity contribution >= 4 is 0 Å². The number of hydrogen-bond donors (Lipinski definition) is 1. The maximum absolute atomic E-state index is 12.9. The Kier molecular flexibility index (Phi) is 4.26. The van der Waals surface area contributed by atoms with E-state index in [1.165, 1.54) is 25.0 Å². The summed E-state index contributed by atoms with van der Waals surface area (Å²) in [6.45, 7) is 2.72. The third-order valence-corrected chi connectivity index (χ3v) is 3.84. The lowest BCUT2D eigenvalue weighted by atomic mass is 10.1. The molecule has 1 atom stereocenters. The average molecular weight is 290 g/mol. The normalized spacial score (nSPS) is 19.1. The van der Waals surface area contributed by atoms with Crippen LogP contribution in [0.4, 0.5) is 4.39 Å². The van der Waals surface area contributed by atoms with Crippen molar-refractivity contribution in [3.05, 3.63) is 36.0 Å². The summed E-state index contributed by atoms with van der Waals surface area (Å²) in [5.41, 5.74) is 0.733. The van der Waals surface area contributed by atoms with E-state index in [1.54, 1.807) is 12.1 Å². The first-order valence-corrected chi connectivity index (χ1v) is 7.21. The second kappa shape index (κ2) is 6.32. The van der Waals surface area contributed by atoms with Crippen LogP contribution < -0.4 is 5.32 Å². The average Bonchev–Trinajstić information content (AvgIpc) is 2.97. The summed E-state index contributed by atoms with van der Waals surface area (Å²) >= 11 is 0. The summed E-state index contributed by atoms with van der Waals surface area (Å²) in [4.78, 5) is 2.23. The Bertz CT molecular complexity index is 578. The van der Waals surface area contributed by atoms with E-state index >= 15 is 0 Å². The van der Waals surface area contributed by atoms with Crippen LogP contribution in [-0.4, -0.2) is 41.3 Å². The van der Waals surface area contributed by atoms with Crippen LogP contribution in [0, 0.1) is 5.82 Å². The predicted molar refractivity (Wildman–Crippen MR) is 77.1 cm³/mol. The molecule has 2 heterocycles. The molecule has 0 aliphatic carbocycles. The SMILES string of the molecule is CN(Cc1nnc(-c2ccc(F)cc2)o1)C1CCCNC1. The van der Waals surface area contributed by atoms with E-state index in [1.807, 2.05) is 0 Å². The fourth-order valence-electron chi connectivity index (χ4n) is 2.58. The molecule has 0 bridgehead atoms. The third-order valence-electron chi connectivity index (χ3n) is 3.84. The van der Waals surface area contributed by atoms with Crippen molar-refractivity contribution < 1.29 is 8.81 Å². The van der Waals surface area contributed by atoms with Crippen LogP contribution in [-0.2, 0) is 6.54 Å². The number of halogens is 1. The highest BCUT2D eigenvalue weighted by atomic mass is 19.1. The summed E-state index contributed by atoms with van der Waals surface area (Å²) in [6, 6.07) is 6.56. The smallest absolute Gasteiger partial charge is 0.247 e. The number of nitrogens with one attached hydrogen (secondary N) is 1. The van der Waals surface area contributed by atoms with Gasteiger partial charge in [0.25, 0.3) is 0 Å². The van der Waals surface area contributed by atoms with Crippen LogP contribution in [0.25, 0.3) is 11.5 Å². The second-order valence-corrected chi connectivity index (χ2v) is 5.42. The van der Waals surface area contributed by atoms with Gasteiger partial charge in [-0.2, -0.15) is 0 Å². The van der Waals surface area contributed by atoms with Crippen molar-refractivity contribution in [3.63, 3.8) is 0 Å². The lowest BCUT2D eigenvalue weighted by molar-refractivity contribution is 0.181. The van der Waals surface area contributed by atoms with Gasteiger partial charge in [0.15, 0.2) is 0 Å². The van der Waals surface area contributed by atoms with Gasteiger partial charge in [-0.3, -0.25) is 4.90 Å². The molecule has 1 unspecified atom stereocenters. The zero-order chi connectivity index (χ0) is 14.7. The Morgan fingerprint density at radius 1 is 1.33 bits per heavy atom. The van der Waals surface area contributed by atoms with Crippen LogP contribution >= 0.6 is 0 Å². The first-order valence-electron chi connectivity index (χ1n) is 7.21. The highest BCUT2D eigenvalue weighted by Crippen LogP contribution is 2.19. The van der Waals surface area contributed by atoms with Crippen molar-refractivity contribution in [3.8, 4) is 11.5 Å². The molecule has 0 spiro atoms. The summed E-state index contributed by atoms with van der Waals surface area (Å²) in [5, 5.41) is 11.5. The molecule has 0 saturated carbocycles. The number of likely N-dealkylation sites (N-methyl/N-ethyl adjacent to an activating group) is 1. The Morgan fingerprint density at radius 3 is 2.86 bits per heavy atom. The molecule has 1 aliphatic rings. The lowest BCUT2D eigenvalue weighted by Crippen LogP contribution is -2.43. The van der Waals surface area contributed by atoms with Crippen LogP contribution in [0.15, 0.2) is 28.7 Å². The molecule has 2 aromatic rings. The van der Waals surface area contributed by atoms with Gasteiger partial charge in [-0.1, -0.05) is 0 Å². The van der Waals surface area contributed by atoms with E-state index in [2.05, 4.69) is 27.5 Å². The molecule has 1 saturated heterocycles. The summed E-state index contributed by atoms with van der Waals surface area (Å²) in [6.07, 6.45) is 2.38. The van der Waals surface area contributed by atoms with Gasteiger partial charge in [-0.05, 0) is 50.7 Å². The number of benzene rings is 1. The number of aromatic nitrogens is 2. The van der Waals surface area contributed by atoms with Gasteiger partial charge in [0.2, 0.25) is 11.8 Å². The fraction of sp³-hybridized carbons (Fsp3) is 0.467. The minimum absolute atomic E-state index is 0.275. The van der Waals surface area contributed by atoms with E-state index in [-0.39, 0.29) is 5.82 Å². The fourth-order valence-corrected chi connectivity index (χ4v) is 2.58. The van der Waals surface area contributed by atoms with Crippen molar-refractivity contribution in [2.45, 2.75) is 25.4 Å². The molecule has 112 valence electrons. The number of rotatable bonds is 4. The molecule has 1 aromatic heterocycles. The highest BCUT2D eigenvalue weighted by Gasteiger charge is 2.19. The predicted octanol–water partition coefficient (Wildman–Crippen LogP) is 2.06. The molecule has 0 radical (unpaired) electrons. The molecule has 5 nitrogen and oxygen atoms in total. The Balaban J connectivity index is 1.65. The summed E-state index contributed by atoms with van der Waals surface area (Å²) in [7, 11) is 2.07. The molecule has 21 heavy (non-hydrogen) atoms. The minimum atomic E-state index is -0.275. The van der Waals surface area contributed by atoms with E-state index < -0.39 is 0 Å². The van der Waals surface area contributed by atoms with E-state index in [9.17, 15) is 4.39 Å². The molecule has 1 aromatic carbocycles. The van der Waals surface area contributed by atoms with Gasteiger partial charge in [-0.15, -0.1) is 10.2 Å². The molecule has 0 amide bonds. The minimum Gasteiger partial charge on any atom is -0.419 e. The third kappa shape index (κ3) is 3.46. The number of piperidine rings is 1. The Morgan fingerprint density at radius 2 is 2.14 bits per heavy atom. The van der Waals surface area contributed by atoms with Gasteiger partial charge in [-0.25, -0.2) is 4.39 Å². The molecule has 3 rings (SSSR count). The monoisotopic (exact) mass is 290 g/mol. The van der Waals surface area contributed by atoms with Gasteiger partial charge in [0.05, 0.1) is 6.54 Å². The molecule has 1 N–H and O–H groups in total. The van der Waals surface area contributed by atoms with Crippen molar-refractivity contribution in [2.24, 2.45) is 0 Å². The van der Waals surface area contributed by atoms with Gasteiger partial charge >= 0.3 is 0 Å². The summed E-state index contributed by atoms with van der Waals surface area (Å²) < 4.78 is 18.6. The van der Waals surface area contributed by atoms with Crippen LogP contribution in [0.3, 0.4) is 0 Å². The zero-order valence-corrected chi connectivity index (χ0v) is 12.1. The molecular weight excluding hydrogens is 271 g/mol. The van der Waals surface area contributed by atoms with Crippen LogP contribution in [0.2, 0.25) is 0 Å². The topological polar surface area (TPSA) is 54.2 Å². The summed E-state index contributed by atoms with van der Waals surface area (Å²) in [5.74, 6) is 0.741. The van der Waals surface area contributed by atoms with E-state index in [0.29, 0.717) is 24.4 Å². The van der Waals surface area contributed by atoms with E-state index in [0.717, 1.165) is 18.7 Å². The van der Waals surface area contributed by atoms with Crippen molar-refractivity contribution in [1.29, 1.82) is 0 Å². The number of nitrogens with zero attached hydrogens (tertiary/aromatic N) is 3. The number of hydrogen-bond acceptors (Lipinski definition) is 5. The highest BCUT2D eigenvalue weighted by molar-refractivity contribution is 5.51. The van der Waals surface area contributed by atoms with Gasteiger partial charge < -0.3 is 9.73 Å². The lowest BCUT2D eigenvalue weighted by Gasteiger charge is -2.30. The molecule has 1 fully saturated rings. The van der Waals surface area contributed by atoms with Crippen molar-refractivity contribution in [1.82, 2.24) is 20.4 Å². The standard InChI is InChI=1S/C15H19FN4O/c1-20(13-3-2-8-17-9-13)10-14-18-19-15(21-14)11-4-6-12(16)7-5-11/h4-7,13,17H,2-3,8-10H2,1H3. The zero-order valence-electron chi connectivity index (χ0n) is 12.1. The maximum Gasteiger partial charge on any atom is 0.247 e. The van der Waals surface area contributed by atoms with Gasteiger partial charge in [0.1, 0.15) is 5.82 Å². The van der Waals surface area contributed by atoms with Crippen molar-refractivity contribution in [2.75, 3.05) is 20.1 Å². The first kappa shape index (κ1) is 14.2. The molecule has 1 aliphatic heterocycles. The van der Waals surface area contributed by atoms with Crippen LogP contribution in [0.5, 0.6) is 0 Å². The largest absolute Gasteiger partial charge is 0.419 e. The van der Waals surface area contributed by atoms with E-state index in [4.69, 9.17) is 4.42 Å².